The van der Waals surface area contributed by atoms with Crippen molar-refractivity contribution in [2.24, 2.45) is 0 Å². The molecule has 0 amide bonds. The topological polar surface area (TPSA) is 21.3 Å². The van der Waals surface area contributed by atoms with E-state index in [0.29, 0.717) is 12.4 Å². The minimum Gasteiger partial charge on any atom is -0.492 e. The van der Waals surface area contributed by atoms with Gasteiger partial charge in [0.2, 0.25) is 0 Å². The molecule has 1 unspecified atom stereocenters. The first-order valence-electron chi connectivity index (χ1n) is 5.06. The summed E-state index contributed by atoms with van der Waals surface area (Å²) in [6.45, 7) is 2.18. The maximum atomic E-state index is 12.6. The molecular formula is C11H13ClF3NO. The van der Waals surface area contributed by atoms with Gasteiger partial charge in [-0.2, -0.15) is 13.2 Å². The summed E-state index contributed by atoms with van der Waals surface area (Å²) in [7, 11) is 1.25. The minimum atomic E-state index is -4.36. The Morgan fingerprint density at radius 2 is 2.06 bits per heavy atom. The molecule has 0 saturated carbocycles. The monoisotopic (exact) mass is 267 g/mol. The van der Waals surface area contributed by atoms with Gasteiger partial charge in [0, 0.05) is 0 Å². The molecule has 0 bridgehead atoms. The van der Waals surface area contributed by atoms with Crippen LogP contribution in [0, 0.1) is 0 Å². The highest BCUT2D eigenvalue weighted by atomic mass is 35.5. The van der Waals surface area contributed by atoms with E-state index in [4.69, 9.17) is 16.3 Å². The summed E-state index contributed by atoms with van der Waals surface area (Å²) < 4.78 is 43.1. The fourth-order valence-electron chi connectivity index (χ4n) is 1.49. The third-order valence-electron chi connectivity index (χ3n) is 2.21. The van der Waals surface area contributed by atoms with E-state index in [2.05, 4.69) is 5.32 Å². The molecule has 0 saturated heterocycles. The molecule has 0 aliphatic rings. The van der Waals surface area contributed by atoms with Gasteiger partial charge >= 0.3 is 6.18 Å². The van der Waals surface area contributed by atoms with Crippen LogP contribution in [-0.4, -0.2) is 19.8 Å². The van der Waals surface area contributed by atoms with Crippen molar-refractivity contribution >= 4 is 11.6 Å². The van der Waals surface area contributed by atoms with E-state index in [1.165, 1.54) is 25.2 Å². The van der Waals surface area contributed by atoms with Crippen LogP contribution in [-0.2, 0) is 0 Å². The summed E-state index contributed by atoms with van der Waals surface area (Å²) in [5, 5.41) is 2.39. The average Bonchev–Trinajstić information content (AvgIpc) is 2.21. The molecule has 6 heteroatoms. The van der Waals surface area contributed by atoms with Crippen LogP contribution in [0.1, 0.15) is 18.5 Å². The van der Waals surface area contributed by atoms with Gasteiger partial charge in [-0.05, 0) is 31.7 Å². The van der Waals surface area contributed by atoms with Crippen LogP contribution < -0.4 is 10.1 Å². The molecule has 0 fully saturated rings. The van der Waals surface area contributed by atoms with E-state index >= 15 is 0 Å². The van der Waals surface area contributed by atoms with E-state index in [-0.39, 0.29) is 10.6 Å². The van der Waals surface area contributed by atoms with Gasteiger partial charge in [-0.1, -0.05) is 17.7 Å². The summed E-state index contributed by atoms with van der Waals surface area (Å²) in [5.74, 6) is 0.384. The predicted molar refractivity (Wildman–Crippen MR) is 60.5 cm³/mol. The molecule has 0 heterocycles. The first kappa shape index (κ1) is 14.1. The van der Waals surface area contributed by atoms with Crippen molar-refractivity contribution in [3.05, 3.63) is 28.8 Å². The highest BCUT2D eigenvalue weighted by molar-refractivity contribution is 6.32. The standard InChI is InChI=1S/C11H13ClF3NO/c1-3-17-9-5-4-7(6-8(9)12)10(16-2)11(13,14)15/h4-6,10,16H,3H2,1-2H3. The molecule has 1 aromatic rings. The van der Waals surface area contributed by atoms with Gasteiger partial charge in [-0.15, -0.1) is 0 Å². The van der Waals surface area contributed by atoms with Crippen LogP contribution in [0.5, 0.6) is 5.75 Å². The fourth-order valence-corrected chi connectivity index (χ4v) is 1.73. The minimum absolute atomic E-state index is 0.0634. The second-order valence-electron chi connectivity index (χ2n) is 3.39. The van der Waals surface area contributed by atoms with Gasteiger partial charge < -0.3 is 10.1 Å². The summed E-state index contributed by atoms with van der Waals surface area (Å²) >= 11 is 5.84. The summed E-state index contributed by atoms with van der Waals surface area (Å²) in [6.07, 6.45) is -4.36. The number of ether oxygens (including phenoxy) is 1. The number of rotatable bonds is 4. The third-order valence-corrected chi connectivity index (χ3v) is 2.50. The number of hydrogen-bond donors (Lipinski definition) is 1. The van der Waals surface area contributed by atoms with Gasteiger partial charge in [0.25, 0.3) is 0 Å². The van der Waals surface area contributed by atoms with Crippen molar-refractivity contribution in [2.75, 3.05) is 13.7 Å². The number of halogens is 4. The van der Waals surface area contributed by atoms with E-state index < -0.39 is 12.2 Å². The van der Waals surface area contributed by atoms with Crippen LogP contribution in [0.3, 0.4) is 0 Å². The molecule has 0 aliphatic heterocycles. The Morgan fingerprint density at radius 1 is 1.41 bits per heavy atom. The lowest BCUT2D eigenvalue weighted by atomic mass is 10.1. The van der Waals surface area contributed by atoms with Gasteiger partial charge in [-0.3, -0.25) is 0 Å². The molecule has 1 rings (SSSR count). The number of hydrogen-bond acceptors (Lipinski definition) is 2. The molecule has 0 aliphatic carbocycles. The Bertz CT molecular complexity index is 381. The van der Waals surface area contributed by atoms with Gasteiger partial charge in [0.15, 0.2) is 0 Å². The highest BCUT2D eigenvalue weighted by Gasteiger charge is 2.39. The molecule has 17 heavy (non-hydrogen) atoms. The Kier molecular flexibility index (Phi) is 4.65. The second kappa shape index (κ2) is 5.60. The van der Waals surface area contributed by atoms with E-state index in [1.807, 2.05) is 0 Å². The quantitative estimate of drug-likeness (QED) is 0.901. The van der Waals surface area contributed by atoms with Gasteiger partial charge in [-0.25, -0.2) is 0 Å². The normalized spacial score (nSPS) is 13.5. The van der Waals surface area contributed by atoms with Crippen molar-refractivity contribution in [1.82, 2.24) is 5.32 Å². The molecule has 0 aromatic heterocycles. The zero-order valence-corrected chi connectivity index (χ0v) is 10.2. The molecule has 1 aromatic carbocycles. The van der Waals surface area contributed by atoms with E-state index in [1.54, 1.807) is 6.92 Å². The van der Waals surface area contributed by atoms with Crippen molar-refractivity contribution in [3.8, 4) is 5.75 Å². The van der Waals surface area contributed by atoms with Crippen LogP contribution >= 0.6 is 11.6 Å². The third kappa shape index (κ3) is 3.51. The Morgan fingerprint density at radius 3 is 2.47 bits per heavy atom. The van der Waals surface area contributed by atoms with Crippen LogP contribution in [0.25, 0.3) is 0 Å². The molecule has 0 spiro atoms. The number of nitrogens with one attached hydrogen (secondary N) is 1. The van der Waals surface area contributed by atoms with Crippen LogP contribution in [0.15, 0.2) is 18.2 Å². The Hall–Kier alpha value is -0.940. The molecule has 96 valence electrons. The SMILES string of the molecule is CCOc1ccc(C(NC)C(F)(F)F)cc1Cl. The summed E-state index contributed by atoms with van der Waals surface area (Å²) in [4.78, 5) is 0. The van der Waals surface area contributed by atoms with Crippen molar-refractivity contribution in [2.45, 2.75) is 19.1 Å². The lowest BCUT2D eigenvalue weighted by Crippen LogP contribution is -2.31. The van der Waals surface area contributed by atoms with E-state index in [0.717, 1.165) is 0 Å². The zero-order chi connectivity index (χ0) is 13.1. The van der Waals surface area contributed by atoms with E-state index in [9.17, 15) is 13.2 Å². The molecule has 1 atom stereocenters. The number of alkyl halides is 3. The lowest BCUT2D eigenvalue weighted by Gasteiger charge is -2.20. The first-order chi connectivity index (χ1) is 7.90. The summed E-state index contributed by atoms with van der Waals surface area (Å²) in [5.41, 5.74) is 0.0634. The zero-order valence-electron chi connectivity index (χ0n) is 9.44. The molecular weight excluding hydrogens is 255 g/mol. The van der Waals surface area contributed by atoms with Crippen LogP contribution in [0.2, 0.25) is 5.02 Å². The van der Waals surface area contributed by atoms with Crippen LogP contribution in [0.4, 0.5) is 13.2 Å². The van der Waals surface area contributed by atoms with Gasteiger partial charge in [0.1, 0.15) is 11.8 Å². The van der Waals surface area contributed by atoms with Crippen molar-refractivity contribution in [3.63, 3.8) is 0 Å². The second-order valence-corrected chi connectivity index (χ2v) is 3.79. The lowest BCUT2D eigenvalue weighted by molar-refractivity contribution is -0.156. The molecule has 0 radical (unpaired) electrons. The maximum absolute atomic E-state index is 12.6. The van der Waals surface area contributed by atoms with Crippen molar-refractivity contribution in [1.29, 1.82) is 0 Å². The Balaban J connectivity index is 3.03. The predicted octanol–water partition coefficient (Wildman–Crippen LogP) is 3.56. The molecule has 2 nitrogen and oxygen atoms in total. The average molecular weight is 268 g/mol. The summed E-state index contributed by atoms with van der Waals surface area (Å²) in [6, 6.07) is 2.33. The molecule has 1 N–H and O–H groups in total. The largest absolute Gasteiger partial charge is 0.492 e. The number of benzene rings is 1. The Labute approximate surface area is 103 Å². The first-order valence-corrected chi connectivity index (χ1v) is 5.44. The maximum Gasteiger partial charge on any atom is 0.407 e. The van der Waals surface area contributed by atoms with Gasteiger partial charge in [0.05, 0.1) is 11.6 Å². The highest BCUT2D eigenvalue weighted by Crippen LogP contribution is 2.35. The van der Waals surface area contributed by atoms with Crippen molar-refractivity contribution < 1.29 is 17.9 Å². The smallest absolute Gasteiger partial charge is 0.407 e. The fraction of sp³-hybridized carbons (Fsp3) is 0.455.